The van der Waals surface area contributed by atoms with Gasteiger partial charge in [0.15, 0.2) is 0 Å². The molecule has 7 nitrogen and oxygen atoms in total. The van der Waals surface area contributed by atoms with Crippen LogP contribution in [-0.4, -0.2) is 22.1 Å². The lowest BCUT2D eigenvalue weighted by Crippen LogP contribution is -2.37. The third-order valence-corrected chi connectivity index (χ3v) is 3.89. The maximum absolute atomic E-state index is 12.8. The van der Waals surface area contributed by atoms with Crippen LogP contribution in [0.5, 0.6) is 0 Å². The van der Waals surface area contributed by atoms with Crippen LogP contribution in [-0.2, 0) is 16.2 Å². The van der Waals surface area contributed by atoms with Gasteiger partial charge in [0.1, 0.15) is 11.9 Å². The first kappa shape index (κ1) is 14.7. The van der Waals surface area contributed by atoms with Crippen LogP contribution < -0.4 is 16.8 Å². The van der Waals surface area contributed by atoms with E-state index in [1.165, 1.54) is 4.57 Å². The van der Waals surface area contributed by atoms with Crippen molar-refractivity contribution in [3.05, 3.63) is 39.9 Å². The van der Waals surface area contributed by atoms with Crippen molar-refractivity contribution in [1.82, 2.24) is 15.0 Å². The van der Waals surface area contributed by atoms with E-state index in [1.54, 1.807) is 19.1 Å². The number of hydrogen-bond donors (Lipinski definition) is 2. The molecule has 0 radical (unpaired) electrons. The molecule has 1 aliphatic rings. The van der Waals surface area contributed by atoms with Gasteiger partial charge in [-0.15, -0.1) is 0 Å². The molecule has 3 N–H and O–H groups in total. The number of rotatable bonds is 2. The molecular weight excluding hydrogens is 284 g/mol. The van der Waals surface area contributed by atoms with Gasteiger partial charge in [0.05, 0.1) is 17.5 Å². The number of carbonyl (C=O) groups is 1. The summed E-state index contributed by atoms with van der Waals surface area (Å²) in [6.07, 6.45) is 1.23. The number of amides is 1. The fraction of sp³-hybridized carbons (Fsp3) is 0.400. The predicted molar refractivity (Wildman–Crippen MR) is 81.0 cm³/mol. The fourth-order valence-corrected chi connectivity index (χ4v) is 2.77. The summed E-state index contributed by atoms with van der Waals surface area (Å²) in [6, 6.07) is 4.77. The van der Waals surface area contributed by atoms with E-state index in [0.717, 1.165) is 5.56 Å². The molecule has 1 unspecified atom stereocenters. The van der Waals surface area contributed by atoms with Crippen molar-refractivity contribution < 1.29 is 9.63 Å². The van der Waals surface area contributed by atoms with Crippen molar-refractivity contribution in [3.63, 3.8) is 0 Å². The van der Waals surface area contributed by atoms with Gasteiger partial charge in [-0.2, -0.15) is 0 Å². The van der Waals surface area contributed by atoms with Gasteiger partial charge in [0.2, 0.25) is 0 Å². The molecule has 0 aliphatic carbocycles. The van der Waals surface area contributed by atoms with Gasteiger partial charge >= 0.3 is 0 Å². The monoisotopic (exact) mass is 302 g/mol. The Balaban J connectivity index is 2.20. The highest BCUT2D eigenvalue weighted by atomic mass is 16.7. The number of nitrogens with two attached hydrogens (primary N) is 1. The zero-order valence-corrected chi connectivity index (χ0v) is 12.3. The van der Waals surface area contributed by atoms with E-state index < -0.39 is 6.04 Å². The van der Waals surface area contributed by atoms with E-state index in [0.29, 0.717) is 42.7 Å². The number of benzene rings is 1. The Hall–Kier alpha value is -2.25. The smallest absolute Gasteiger partial charge is 0.266 e. The van der Waals surface area contributed by atoms with Crippen LogP contribution in [0.25, 0.3) is 10.9 Å². The van der Waals surface area contributed by atoms with Crippen molar-refractivity contribution in [2.24, 2.45) is 5.73 Å². The maximum Gasteiger partial charge on any atom is 0.266 e. The SMILES string of the molecule is Cc1nc2ccc(CN)cc2c(=O)n1C1CCCONC1=O. The molecule has 7 heteroatoms. The van der Waals surface area contributed by atoms with Crippen LogP contribution >= 0.6 is 0 Å². The summed E-state index contributed by atoms with van der Waals surface area (Å²) >= 11 is 0. The minimum absolute atomic E-state index is 0.222. The highest BCUT2D eigenvalue weighted by molar-refractivity contribution is 5.81. The average molecular weight is 302 g/mol. The van der Waals surface area contributed by atoms with Crippen molar-refractivity contribution in [2.45, 2.75) is 32.4 Å². The third-order valence-electron chi connectivity index (χ3n) is 3.89. The molecular formula is C15H18N4O3. The molecule has 0 bridgehead atoms. The second kappa shape index (κ2) is 5.86. The van der Waals surface area contributed by atoms with Crippen molar-refractivity contribution in [1.29, 1.82) is 0 Å². The highest BCUT2D eigenvalue weighted by Gasteiger charge is 2.26. The van der Waals surface area contributed by atoms with E-state index in [-0.39, 0.29) is 11.5 Å². The summed E-state index contributed by atoms with van der Waals surface area (Å²) in [5.41, 5.74) is 9.25. The van der Waals surface area contributed by atoms with Crippen molar-refractivity contribution in [3.8, 4) is 0 Å². The molecule has 1 aliphatic heterocycles. The molecule has 22 heavy (non-hydrogen) atoms. The van der Waals surface area contributed by atoms with Gasteiger partial charge in [-0.3, -0.25) is 19.0 Å². The molecule has 2 aromatic rings. The first-order valence-electron chi connectivity index (χ1n) is 7.25. The Morgan fingerprint density at radius 2 is 2.27 bits per heavy atom. The molecule has 3 rings (SSSR count). The van der Waals surface area contributed by atoms with E-state index in [9.17, 15) is 9.59 Å². The van der Waals surface area contributed by atoms with E-state index in [4.69, 9.17) is 10.6 Å². The largest absolute Gasteiger partial charge is 0.326 e. The van der Waals surface area contributed by atoms with Crippen molar-refractivity contribution >= 4 is 16.8 Å². The zero-order valence-electron chi connectivity index (χ0n) is 12.3. The predicted octanol–water partition coefficient (Wildman–Crippen LogP) is 0.546. The summed E-state index contributed by atoms with van der Waals surface area (Å²) in [7, 11) is 0. The van der Waals surface area contributed by atoms with Gasteiger partial charge in [-0.1, -0.05) is 6.07 Å². The Morgan fingerprint density at radius 1 is 1.45 bits per heavy atom. The van der Waals surface area contributed by atoms with Gasteiger partial charge in [-0.05, 0) is 37.5 Å². The highest BCUT2D eigenvalue weighted by Crippen LogP contribution is 2.19. The summed E-state index contributed by atoms with van der Waals surface area (Å²) in [5, 5.41) is 0.478. The number of fused-ring (bicyclic) bond motifs is 1. The summed E-state index contributed by atoms with van der Waals surface area (Å²) < 4.78 is 1.45. The zero-order chi connectivity index (χ0) is 15.7. The van der Waals surface area contributed by atoms with Crippen LogP contribution in [0, 0.1) is 6.92 Å². The number of carbonyl (C=O) groups excluding carboxylic acids is 1. The second-order valence-electron chi connectivity index (χ2n) is 5.36. The fourth-order valence-electron chi connectivity index (χ4n) is 2.77. The number of hydrogen-bond acceptors (Lipinski definition) is 5. The second-order valence-corrected chi connectivity index (χ2v) is 5.36. The molecule has 116 valence electrons. The molecule has 0 saturated carbocycles. The van der Waals surface area contributed by atoms with E-state index >= 15 is 0 Å². The lowest BCUT2D eigenvalue weighted by atomic mass is 10.1. The Bertz CT molecular complexity index is 784. The van der Waals surface area contributed by atoms with E-state index in [1.807, 2.05) is 6.07 Å². The molecule has 2 heterocycles. The summed E-state index contributed by atoms with van der Waals surface area (Å²) in [4.78, 5) is 34.4. The number of hydroxylamine groups is 1. The Kier molecular flexibility index (Phi) is 3.91. The Morgan fingerprint density at radius 3 is 3.05 bits per heavy atom. The van der Waals surface area contributed by atoms with Crippen LogP contribution in [0.1, 0.15) is 30.3 Å². The topological polar surface area (TPSA) is 99.2 Å². The molecule has 0 spiro atoms. The minimum Gasteiger partial charge on any atom is -0.326 e. The maximum atomic E-state index is 12.8. The summed E-state index contributed by atoms with van der Waals surface area (Å²) in [5.74, 6) is 0.193. The van der Waals surface area contributed by atoms with Crippen LogP contribution in [0.15, 0.2) is 23.0 Å². The minimum atomic E-state index is -0.603. The number of nitrogens with zero attached hydrogens (tertiary/aromatic N) is 2. The lowest BCUT2D eigenvalue weighted by Gasteiger charge is -2.18. The molecule has 1 saturated heterocycles. The van der Waals surface area contributed by atoms with Crippen molar-refractivity contribution in [2.75, 3.05) is 6.61 Å². The first-order chi connectivity index (χ1) is 10.6. The van der Waals surface area contributed by atoms with Gasteiger partial charge in [0, 0.05) is 6.54 Å². The number of nitrogens with one attached hydrogen (secondary N) is 1. The van der Waals surface area contributed by atoms with Crippen LogP contribution in [0.3, 0.4) is 0 Å². The molecule has 1 amide bonds. The number of aryl methyl sites for hydroxylation is 1. The van der Waals surface area contributed by atoms with Gasteiger partial charge in [-0.25, -0.2) is 10.5 Å². The molecule has 1 atom stereocenters. The van der Waals surface area contributed by atoms with Gasteiger partial charge in [0.25, 0.3) is 11.5 Å². The lowest BCUT2D eigenvalue weighted by molar-refractivity contribution is -0.134. The number of aromatic nitrogens is 2. The molecule has 1 fully saturated rings. The third kappa shape index (κ3) is 2.49. The van der Waals surface area contributed by atoms with Crippen LogP contribution in [0.2, 0.25) is 0 Å². The first-order valence-corrected chi connectivity index (χ1v) is 7.25. The standard InChI is InChI=1S/C15H18N4O3/c1-9-17-12-5-4-10(8-16)7-11(12)15(21)19(9)13-3-2-6-22-18-14(13)20/h4-5,7,13H,2-3,6,8,16H2,1H3,(H,18,20). The quantitative estimate of drug-likeness (QED) is 0.844. The molecule has 1 aromatic heterocycles. The normalized spacial score (nSPS) is 19.0. The van der Waals surface area contributed by atoms with Crippen LogP contribution in [0.4, 0.5) is 0 Å². The molecule has 1 aromatic carbocycles. The van der Waals surface area contributed by atoms with E-state index in [2.05, 4.69) is 10.5 Å². The summed E-state index contributed by atoms with van der Waals surface area (Å²) in [6.45, 7) is 2.52. The van der Waals surface area contributed by atoms with Gasteiger partial charge < -0.3 is 5.73 Å². The average Bonchev–Trinajstić information content (AvgIpc) is 2.72. The Labute approximate surface area is 127 Å².